The van der Waals surface area contributed by atoms with Crippen LogP contribution < -0.4 is 10.2 Å². The second-order valence-corrected chi connectivity index (χ2v) is 8.30. The van der Waals surface area contributed by atoms with Crippen molar-refractivity contribution in [3.63, 3.8) is 0 Å². The lowest BCUT2D eigenvalue weighted by molar-refractivity contribution is 0.102. The number of morpholine rings is 1. The highest BCUT2D eigenvalue weighted by Crippen LogP contribution is 2.30. The first-order chi connectivity index (χ1) is 16.4. The smallest absolute Gasteiger partial charge is 0.257 e. The molecule has 1 saturated heterocycles. The van der Waals surface area contributed by atoms with Gasteiger partial charge in [0, 0.05) is 42.6 Å². The maximum absolute atomic E-state index is 13.6. The predicted molar refractivity (Wildman–Crippen MR) is 135 cm³/mol. The van der Waals surface area contributed by atoms with Crippen LogP contribution in [-0.4, -0.2) is 49.0 Å². The molecule has 2 N–H and O–H groups in total. The number of fused-ring (bicyclic) bond motifs is 1. The number of nitrogens with one attached hydrogen (secondary N) is 1. The van der Waals surface area contributed by atoms with Crippen molar-refractivity contribution < 1.29 is 19.5 Å². The van der Waals surface area contributed by atoms with E-state index in [1.807, 2.05) is 51.1 Å². The molecule has 2 heterocycles. The molecule has 0 radical (unpaired) electrons. The molecule has 2 aromatic carbocycles. The molecule has 3 aromatic rings. The number of allylic oxidation sites excluding steroid dienone is 1. The Balaban J connectivity index is 1.73. The van der Waals surface area contributed by atoms with E-state index in [2.05, 4.69) is 27.1 Å². The summed E-state index contributed by atoms with van der Waals surface area (Å²) in [6.07, 6.45) is 1.50. The third-order valence-electron chi connectivity index (χ3n) is 5.95. The van der Waals surface area contributed by atoms with E-state index in [9.17, 15) is 9.90 Å². The molecule has 0 unspecified atom stereocenters. The third kappa shape index (κ3) is 4.87. The number of pyridine rings is 1. The van der Waals surface area contributed by atoms with Crippen molar-refractivity contribution in [3.05, 3.63) is 64.9 Å². The van der Waals surface area contributed by atoms with Crippen LogP contribution in [0.25, 0.3) is 16.5 Å². The van der Waals surface area contributed by atoms with E-state index in [4.69, 9.17) is 9.57 Å². The predicted octanol–water partition coefficient (Wildman–Crippen LogP) is 4.64. The minimum absolute atomic E-state index is 0.0211. The number of aromatic hydroxyl groups is 1. The molecule has 0 bridgehead atoms. The van der Waals surface area contributed by atoms with Gasteiger partial charge in [0.05, 0.1) is 24.3 Å². The van der Waals surface area contributed by atoms with Crippen LogP contribution in [0.15, 0.2) is 47.8 Å². The summed E-state index contributed by atoms with van der Waals surface area (Å²) in [5.41, 5.74) is 6.17. The number of anilines is 2. The summed E-state index contributed by atoms with van der Waals surface area (Å²) in [5, 5.41) is 17.2. The minimum atomic E-state index is -0.217. The summed E-state index contributed by atoms with van der Waals surface area (Å²) in [6, 6.07) is 11.2. The number of benzene rings is 2. The molecule has 8 nitrogen and oxygen atoms in total. The molecule has 176 valence electrons. The molecular formula is C26H28N4O4. The van der Waals surface area contributed by atoms with E-state index in [0.29, 0.717) is 43.1 Å². The second kappa shape index (κ2) is 9.93. The third-order valence-corrected chi connectivity index (χ3v) is 5.95. The lowest BCUT2D eigenvalue weighted by atomic mass is 10.0. The maximum Gasteiger partial charge on any atom is 0.257 e. The Morgan fingerprint density at radius 3 is 2.71 bits per heavy atom. The normalized spacial score (nSPS) is 14.2. The van der Waals surface area contributed by atoms with E-state index in [1.54, 1.807) is 6.07 Å². The first kappa shape index (κ1) is 23.3. The Morgan fingerprint density at radius 2 is 1.97 bits per heavy atom. The summed E-state index contributed by atoms with van der Waals surface area (Å²) < 4.78 is 5.49. The Labute approximate surface area is 198 Å². The van der Waals surface area contributed by atoms with Gasteiger partial charge in [-0.3, -0.25) is 4.79 Å². The van der Waals surface area contributed by atoms with Gasteiger partial charge in [-0.1, -0.05) is 11.2 Å². The van der Waals surface area contributed by atoms with Crippen LogP contribution in [0.3, 0.4) is 0 Å². The zero-order chi connectivity index (χ0) is 24.2. The first-order valence-electron chi connectivity index (χ1n) is 11.1. The molecule has 1 aromatic heterocycles. The number of aryl methyl sites for hydroxylation is 2. The fraction of sp³-hybridized carbons (Fsp3) is 0.269. The van der Waals surface area contributed by atoms with E-state index < -0.39 is 0 Å². The van der Waals surface area contributed by atoms with Crippen molar-refractivity contribution in [2.24, 2.45) is 5.16 Å². The largest absolute Gasteiger partial charge is 0.493 e. The summed E-state index contributed by atoms with van der Waals surface area (Å²) in [4.78, 5) is 24.9. The number of oxime groups is 1. The van der Waals surface area contributed by atoms with Crippen LogP contribution in [0.2, 0.25) is 0 Å². The molecule has 0 saturated carbocycles. The highest BCUT2D eigenvalue weighted by Gasteiger charge is 2.21. The molecule has 1 aliphatic rings. The fourth-order valence-corrected chi connectivity index (χ4v) is 4.08. The molecule has 1 amide bonds. The summed E-state index contributed by atoms with van der Waals surface area (Å²) in [6.45, 7) is 11.7. The summed E-state index contributed by atoms with van der Waals surface area (Å²) >= 11 is 0. The van der Waals surface area contributed by atoms with Gasteiger partial charge in [0.15, 0.2) is 0 Å². The molecule has 0 spiro atoms. The van der Waals surface area contributed by atoms with Gasteiger partial charge in [-0.25, -0.2) is 4.98 Å². The zero-order valence-corrected chi connectivity index (χ0v) is 19.6. The van der Waals surface area contributed by atoms with Gasteiger partial charge in [0.25, 0.3) is 5.91 Å². The quantitative estimate of drug-likeness (QED) is 0.316. The SMILES string of the molecule is C=NO/C=C(\C)c1ccc(N2CCOCC2)c(C(=O)Nc2cc3c(C)cc(O)nc3cc2C)c1. The Hall–Kier alpha value is -3.91. The number of rotatable bonds is 6. The van der Waals surface area contributed by atoms with Gasteiger partial charge in [0.1, 0.15) is 6.26 Å². The number of hydrogen-bond donors (Lipinski definition) is 2. The van der Waals surface area contributed by atoms with Gasteiger partial charge in [-0.2, -0.15) is 0 Å². The van der Waals surface area contributed by atoms with E-state index in [0.717, 1.165) is 33.3 Å². The number of aromatic nitrogens is 1. The van der Waals surface area contributed by atoms with Crippen LogP contribution in [0, 0.1) is 13.8 Å². The number of amides is 1. The van der Waals surface area contributed by atoms with Crippen molar-refractivity contribution in [1.29, 1.82) is 0 Å². The topological polar surface area (TPSA) is 96.3 Å². The van der Waals surface area contributed by atoms with Crippen LogP contribution in [0.1, 0.15) is 34.0 Å². The lowest BCUT2D eigenvalue weighted by Gasteiger charge is -2.30. The summed E-state index contributed by atoms with van der Waals surface area (Å²) in [7, 11) is 0. The molecule has 1 aliphatic heterocycles. The molecule has 1 fully saturated rings. The molecule has 4 rings (SSSR count). The molecule has 0 atom stereocenters. The van der Waals surface area contributed by atoms with Crippen molar-refractivity contribution in [1.82, 2.24) is 4.98 Å². The molecule has 8 heteroatoms. The fourth-order valence-electron chi connectivity index (χ4n) is 4.08. The van der Waals surface area contributed by atoms with E-state index in [1.165, 1.54) is 6.26 Å². The van der Waals surface area contributed by atoms with Gasteiger partial charge in [-0.05, 0) is 67.3 Å². The molecule has 34 heavy (non-hydrogen) atoms. The first-order valence-corrected chi connectivity index (χ1v) is 11.1. The van der Waals surface area contributed by atoms with Crippen LogP contribution in [0.4, 0.5) is 11.4 Å². The second-order valence-electron chi connectivity index (χ2n) is 8.30. The monoisotopic (exact) mass is 460 g/mol. The van der Waals surface area contributed by atoms with Gasteiger partial charge in [0.2, 0.25) is 5.88 Å². The molecular weight excluding hydrogens is 432 g/mol. The van der Waals surface area contributed by atoms with Crippen LogP contribution in [-0.2, 0) is 9.57 Å². The summed E-state index contributed by atoms with van der Waals surface area (Å²) in [5.74, 6) is -0.238. The molecule has 0 aliphatic carbocycles. The van der Waals surface area contributed by atoms with Gasteiger partial charge >= 0.3 is 0 Å². The Bertz CT molecular complexity index is 1280. The number of carbonyl (C=O) groups excluding carboxylic acids is 1. The van der Waals surface area contributed by atoms with E-state index >= 15 is 0 Å². The Kier molecular flexibility index (Phi) is 6.79. The van der Waals surface area contributed by atoms with Crippen molar-refractivity contribution in [2.45, 2.75) is 20.8 Å². The highest BCUT2D eigenvalue weighted by atomic mass is 16.6. The van der Waals surface area contributed by atoms with Crippen molar-refractivity contribution in [3.8, 4) is 5.88 Å². The Morgan fingerprint density at radius 1 is 1.21 bits per heavy atom. The lowest BCUT2D eigenvalue weighted by Crippen LogP contribution is -2.37. The van der Waals surface area contributed by atoms with Crippen LogP contribution >= 0.6 is 0 Å². The highest BCUT2D eigenvalue weighted by molar-refractivity contribution is 6.09. The van der Waals surface area contributed by atoms with Crippen molar-refractivity contribution >= 4 is 40.5 Å². The van der Waals surface area contributed by atoms with Crippen LogP contribution in [0.5, 0.6) is 5.88 Å². The maximum atomic E-state index is 13.6. The van der Waals surface area contributed by atoms with E-state index in [-0.39, 0.29) is 11.8 Å². The number of hydrogen-bond acceptors (Lipinski definition) is 7. The van der Waals surface area contributed by atoms with Crippen molar-refractivity contribution in [2.75, 3.05) is 36.5 Å². The number of carbonyl (C=O) groups is 1. The zero-order valence-electron chi connectivity index (χ0n) is 19.6. The number of nitrogens with zero attached hydrogens (tertiary/aromatic N) is 3. The average molecular weight is 461 g/mol. The standard InChI is InChI=1S/C26H28N4O4/c1-16-12-25(31)28-23-11-17(2)22(14-20(16)23)29-26(32)21-13-19(18(3)15-34-27-4)5-6-24(21)30-7-9-33-10-8-30/h5-6,11-15H,4,7-10H2,1-3H3,(H,28,31)(H,29,32)/b18-15+. The average Bonchev–Trinajstić information content (AvgIpc) is 2.83. The van der Waals surface area contributed by atoms with Gasteiger partial charge in [-0.15, -0.1) is 0 Å². The van der Waals surface area contributed by atoms with Gasteiger partial charge < -0.3 is 24.9 Å². The minimum Gasteiger partial charge on any atom is -0.493 e. The number of ether oxygens (including phenoxy) is 1.